The van der Waals surface area contributed by atoms with Crippen LogP contribution in [0.5, 0.6) is 0 Å². The Bertz CT molecular complexity index is 991. The number of hydrogen-bond acceptors (Lipinski definition) is 4. The normalized spacial score (nSPS) is 15.7. The Kier molecular flexibility index (Phi) is 7.63. The zero-order chi connectivity index (χ0) is 21.7. The van der Waals surface area contributed by atoms with Crippen LogP contribution >= 0.6 is 23.2 Å². The summed E-state index contributed by atoms with van der Waals surface area (Å²) < 4.78 is 27.6. The number of sulfonamides is 1. The van der Waals surface area contributed by atoms with Crippen LogP contribution in [0.4, 0.5) is 5.69 Å². The van der Waals surface area contributed by atoms with E-state index in [1.165, 1.54) is 31.0 Å². The smallest absolute Gasteiger partial charge is 0.263 e. The summed E-state index contributed by atoms with van der Waals surface area (Å²) in [5, 5.41) is 3.29. The van der Waals surface area contributed by atoms with Gasteiger partial charge in [0.1, 0.15) is 4.90 Å². The minimum atomic E-state index is -3.90. The van der Waals surface area contributed by atoms with Gasteiger partial charge in [-0.1, -0.05) is 30.1 Å². The van der Waals surface area contributed by atoms with E-state index in [1.807, 2.05) is 0 Å². The Morgan fingerprint density at radius 2 is 1.77 bits per heavy atom. The molecule has 1 unspecified atom stereocenters. The Balaban J connectivity index is 1.57. The number of nitrogens with zero attached hydrogens (tertiary/aromatic N) is 1. The topological polar surface area (TPSA) is 78.5 Å². The maximum Gasteiger partial charge on any atom is 0.263 e. The van der Waals surface area contributed by atoms with Crippen LogP contribution in [0.1, 0.15) is 30.1 Å². The predicted molar refractivity (Wildman–Crippen MR) is 121 cm³/mol. The van der Waals surface area contributed by atoms with Gasteiger partial charge in [0.15, 0.2) is 0 Å². The third kappa shape index (κ3) is 6.11. The van der Waals surface area contributed by atoms with E-state index in [9.17, 15) is 13.2 Å². The summed E-state index contributed by atoms with van der Waals surface area (Å²) in [5.74, 6) is 0.177. The molecule has 0 aliphatic carbocycles. The average Bonchev–Trinajstić information content (AvgIpc) is 3.21. The molecule has 2 N–H and O–H groups in total. The van der Waals surface area contributed by atoms with E-state index < -0.39 is 10.0 Å². The van der Waals surface area contributed by atoms with E-state index in [2.05, 4.69) is 21.9 Å². The van der Waals surface area contributed by atoms with Crippen LogP contribution in [-0.2, 0) is 10.0 Å². The lowest BCUT2D eigenvalue weighted by molar-refractivity contribution is 0.0945. The number of carbonyl (C=O) groups is 1. The average molecular weight is 470 g/mol. The summed E-state index contributed by atoms with van der Waals surface area (Å²) in [6.45, 7) is 5.97. The largest absolute Gasteiger partial charge is 0.352 e. The minimum Gasteiger partial charge on any atom is -0.352 e. The number of halogens is 2. The van der Waals surface area contributed by atoms with Gasteiger partial charge in [0.2, 0.25) is 0 Å². The number of anilines is 1. The van der Waals surface area contributed by atoms with Gasteiger partial charge in [0.05, 0.1) is 5.02 Å². The Hall–Kier alpha value is -1.80. The zero-order valence-corrected chi connectivity index (χ0v) is 19.0. The van der Waals surface area contributed by atoms with Crippen LogP contribution in [-0.4, -0.2) is 45.4 Å². The third-order valence-corrected chi connectivity index (χ3v) is 7.06. The molecule has 1 saturated heterocycles. The Labute approximate surface area is 187 Å². The lowest BCUT2D eigenvalue weighted by Gasteiger charge is -2.20. The SMILES string of the molecule is CC(CNC(=O)c1ccc(NS(=O)(=O)c2cc(Cl)ccc2Cl)cc1)CN1CCCC1. The number of benzene rings is 2. The molecule has 9 heteroatoms. The molecule has 6 nitrogen and oxygen atoms in total. The van der Waals surface area contributed by atoms with E-state index in [4.69, 9.17) is 23.2 Å². The highest BCUT2D eigenvalue weighted by Gasteiger charge is 2.19. The molecule has 1 aliphatic rings. The molecular weight excluding hydrogens is 445 g/mol. The molecule has 0 saturated carbocycles. The first-order valence-electron chi connectivity index (χ1n) is 9.83. The molecule has 1 aliphatic heterocycles. The summed E-state index contributed by atoms with van der Waals surface area (Å²) >= 11 is 11.9. The number of hydrogen-bond donors (Lipinski definition) is 2. The van der Waals surface area contributed by atoms with Crippen LogP contribution in [0, 0.1) is 5.92 Å². The molecule has 0 aromatic heterocycles. The number of rotatable bonds is 8. The van der Waals surface area contributed by atoms with Gasteiger partial charge in [-0.15, -0.1) is 0 Å². The number of carbonyl (C=O) groups excluding carboxylic acids is 1. The van der Waals surface area contributed by atoms with E-state index in [0.29, 0.717) is 23.7 Å². The molecule has 1 fully saturated rings. The lowest BCUT2D eigenvalue weighted by Crippen LogP contribution is -2.34. The summed E-state index contributed by atoms with van der Waals surface area (Å²) in [6.07, 6.45) is 2.50. The minimum absolute atomic E-state index is 0.0750. The van der Waals surface area contributed by atoms with Gasteiger partial charge in [-0.3, -0.25) is 9.52 Å². The highest BCUT2D eigenvalue weighted by atomic mass is 35.5. The van der Waals surface area contributed by atoms with Crippen LogP contribution < -0.4 is 10.0 Å². The van der Waals surface area contributed by atoms with E-state index in [1.54, 1.807) is 24.3 Å². The molecule has 0 spiro atoms. The van der Waals surface area contributed by atoms with Gasteiger partial charge < -0.3 is 10.2 Å². The summed E-state index contributed by atoms with van der Waals surface area (Å²) in [7, 11) is -3.90. The van der Waals surface area contributed by atoms with Crippen molar-refractivity contribution >= 4 is 44.8 Å². The zero-order valence-electron chi connectivity index (χ0n) is 16.7. The van der Waals surface area contributed by atoms with Gasteiger partial charge in [0.25, 0.3) is 15.9 Å². The molecular formula is C21H25Cl2N3O3S. The van der Waals surface area contributed by atoms with Crippen molar-refractivity contribution in [2.24, 2.45) is 5.92 Å². The van der Waals surface area contributed by atoms with Gasteiger partial charge in [-0.05, 0) is 74.3 Å². The van der Waals surface area contributed by atoms with E-state index >= 15 is 0 Å². The first-order chi connectivity index (χ1) is 14.2. The monoisotopic (exact) mass is 469 g/mol. The second-order valence-corrected chi connectivity index (χ2v) is 10.1. The third-order valence-electron chi connectivity index (χ3n) is 4.96. The summed E-state index contributed by atoms with van der Waals surface area (Å²) in [4.78, 5) is 14.7. The molecule has 1 amide bonds. The Morgan fingerprint density at radius 3 is 2.43 bits per heavy atom. The van der Waals surface area contributed by atoms with Crippen molar-refractivity contribution in [3.63, 3.8) is 0 Å². The fourth-order valence-electron chi connectivity index (χ4n) is 3.42. The highest BCUT2D eigenvalue weighted by Crippen LogP contribution is 2.27. The summed E-state index contributed by atoms with van der Waals surface area (Å²) in [5.41, 5.74) is 0.789. The van der Waals surface area contributed by atoms with Crippen molar-refractivity contribution in [1.29, 1.82) is 0 Å². The molecule has 3 rings (SSSR count). The van der Waals surface area contributed by atoms with Crippen LogP contribution in [0.2, 0.25) is 10.0 Å². The van der Waals surface area contributed by atoms with Gasteiger partial charge in [-0.2, -0.15) is 0 Å². The first-order valence-corrected chi connectivity index (χ1v) is 12.1. The number of amides is 1. The van der Waals surface area contributed by atoms with Gasteiger partial charge in [-0.25, -0.2) is 8.42 Å². The fourth-order valence-corrected chi connectivity index (χ4v) is 5.24. The second kappa shape index (κ2) is 10.0. The van der Waals surface area contributed by atoms with Crippen LogP contribution in [0.15, 0.2) is 47.4 Å². The van der Waals surface area contributed by atoms with E-state index in [0.717, 1.165) is 19.6 Å². The molecule has 30 heavy (non-hydrogen) atoms. The van der Waals surface area contributed by atoms with E-state index in [-0.39, 0.29) is 20.8 Å². The van der Waals surface area contributed by atoms with Crippen molar-refractivity contribution in [2.45, 2.75) is 24.7 Å². The molecule has 0 radical (unpaired) electrons. The number of nitrogens with one attached hydrogen (secondary N) is 2. The molecule has 1 atom stereocenters. The summed E-state index contributed by atoms with van der Waals surface area (Å²) in [6, 6.07) is 10.5. The maximum absolute atomic E-state index is 12.6. The second-order valence-electron chi connectivity index (χ2n) is 7.58. The van der Waals surface area contributed by atoms with Gasteiger partial charge in [0, 0.05) is 29.4 Å². The predicted octanol–water partition coefficient (Wildman–Crippen LogP) is 4.26. The molecule has 1 heterocycles. The quantitative estimate of drug-likeness (QED) is 0.605. The fraction of sp³-hybridized carbons (Fsp3) is 0.381. The Morgan fingerprint density at radius 1 is 1.10 bits per heavy atom. The van der Waals surface area contributed by atoms with Crippen molar-refractivity contribution in [3.8, 4) is 0 Å². The van der Waals surface area contributed by atoms with Crippen molar-refractivity contribution in [2.75, 3.05) is 30.9 Å². The molecule has 2 aromatic rings. The number of likely N-dealkylation sites (tertiary alicyclic amines) is 1. The van der Waals surface area contributed by atoms with Gasteiger partial charge >= 0.3 is 0 Å². The lowest BCUT2D eigenvalue weighted by atomic mass is 10.1. The maximum atomic E-state index is 12.6. The van der Waals surface area contributed by atoms with Crippen LogP contribution in [0.25, 0.3) is 0 Å². The van der Waals surface area contributed by atoms with Crippen molar-refractivity contribution < 1.29 is 13.2 Å². The van der Waals surface area contributed by atoms with Crippen molar-refractivity contribution in [3.05, 3.63) is 58.1 Å². The molecule has 2 aromatic carbocycles. The highest BCUT2D eigenvalue weighted by molar-refractivity contribution is 7.92. The van der Waals surface area contributed by atoms with Crippen LogP contribution in [0.3, 0.4) is 0 Å². The van der Waals surface area contributed by atoms with Crippen molar-refractivity contribution in [1.82, 2.24) is 10.2 Å². The standard InChI is InChI=1S/C21H25Cl2N3O3S/c1-15(14-26-10-2-3-11-26)13-24-21(27)16-4-7-18(8-5-16)25-30(28,29)20-12-17(22)6-9-19(20)23/h4-9,12,15,25H,2-3,10-11,13-14H2,1H3,(H,24,27). The molecule has 0 bridgehead atoms. The molecule has 162 valence electrons. The first kappa shape index (κ1) is 22.9.